The fourth-order valence-electron chi connectivity index (χ4n) is 1.67. The summed E-state index contributed by atoms with van der Waals surface area (Å²) in [5, 5.41) is 0. The zero-order valence-electron chi connectivity index (χ0n) is 8.62. The summed E-state index contributed by atoms with van der Waals surface area (Å²) in [6.07, 6.45) is 4.53. The number of hydrogen-bond acceptors (Lipinski definition) is 0. The van der Waals surface area contributed by atoms with Crippen LogP contribution in [0.4, 0.5) is 13.2 Å². The Hall–Kier alpha value is 0.00688. The van der Waals surface area contributed by atoms with E-state index in [0.717, 1.165) is 5.54 Å². The van der Waals surface area contributed by atoms with Crippen LogP contribution in [0.2, 0.25) is 24.7 Å². The Morgan fingerprint density at radius 2 is 1.62 bits per heavy atom. The second-order valence-electron chi connectivity index (χ2n) is 4.38. The Morgan fingerprint density at radius 3 is 1.85 bits per heavy atom. The zero-order valence-corrected chi connectivity index (χ0v) is 9.62. The van der Waals surface area contributed by atoms with Gasteiger partial charge in [0.05, 0.1) is 8.07 Å². The second kappa shape index (κ2) is 5.68. The molecule has 0 saturated carbocycles. The number of rotatable bonds is 0. The van der Waals surface area contributed by atoms with Crippen molar-refractivity contribution in [2.75, 3.05) is 0 Å². The first-order chi connectivity index (χ1) is 5.86. The van der Waals surface area contributed by atoms with E-state index in [1.54, 1.807) is 6.04 Å². The molecule has 1 heterocycles. The zero-order chi connectivity index (χ0) is 10.5. The van der Waals surface area contributed by atoms with Crippen LogP contribution in [0.3, 0.4) is 0 Å². The van der Waals surface area contributed by atoms with Gasteiger partial charge in [-0.05, 0) is 5.54 Å². The van der Waals surface area contributed by atoms with Crippen molar-refractivity contribution < 1.29 is 13.2 Å². The molecule has 13 heavy (non-hydrogen) atoms. The van der Waals surface area contributed by atoms with E-state index < -0.39 is 14.8 Å². The van der Waals surface area contributed by atoms with E-state index in [9.17, 15) is 13.2 Å². The third-order valence-electron chi connectivity index (χ3n) is 3.04. The molecule has 1 fully saturated rings. The molecule has 0 amide bonds. The van der Waals surface area contributed by atoms with Crippen LogP contribution in [0.5, 0.6) is 0 Å². The molecule has 0 bridgehead atoms. The van der Waals surface area contributed by atoms with Gasteiger partial charge in [0.1, 0.15) is 0 Å². The number of alkyl halides is 3. The molecule has 0 N–H and O–H groups in total. The van der Waals surface area contributed by atoms with Gasteiger partial charge in [0, 0.05) is 0 Å². The van der Waals surface area contributed by atoms with Gasteiger partial charge in [0.25, 0.3) is 0 Å². The van der Waals surface area contributed by atoms with Crippen LogP contribution in [0.25, 0.3) is 0 Å². The van der Waals surface area contributed by atoms with Crippen molar-refractivity contribution in [3.63, 3.8) is 0 Å². The van der Waals surface area contributed by atoms with E-state index >= 15 is 0 Å². The third kappa shape index (κ3) is 6.13. The number of halogens is 3. The van der Waals surface area contributed by atoms with Gasteiger partial charge >= 0.3 is 6.68 Å². The lowest BCUT2D eigenvalue weighted by Crippen LogP contribution is -2.33. The van der Waals surface area contributed by atoms with E-state index in [0.29, 0.717) is 0 Å². The van der Waals surface area contributed by atoms with Crippen LogP contribution < -0.4 is 0 Å². The van der Waals surface area contributed by atoms with Gasteiger partial charge in [-0.3, -0.25) is 0 Å². The lowest BCUT2D eigenvalue weighted by atomic mass is 10.2. The molecule has 1 rings (SSSR count). The summed E-state index contributed by atoms with van der Waals surface area (Å²) in [6, 6.07) is 1.58. The van der Waals surface area contributed by atoms with Crippen molar-refractivity contribution in [2.24, 2.45) is 0 Å². The van der Waals surface area contributed by atoms with E-state index in [-0.39, 0.29) is 0 Å². The quantitative estimate of drug-likeness (QED) is 0.520. The van der Waals surface area contributed by atoms with Crippen LogP contribution in [0, 0.1) is 0 Å². The summed E-state index contributed by atoms with van der Waals surface area (Å²) in [6.45, 7) is 3.86. The average molecular weight is 212 g/mol. The Kier molecular flexibility index (Phi) is 5.68. The molecule has 1 aliphatic heterocycles. The van der Waals surface area contributed by atoms with Crippen LogP contribution >= 0.6 is 0 Å². The van der Waals surface area contributed by atoms with E-state index in [2.05, 4.69) is 20.0 Å². The molecule has 0 nitrogen and oxygen atoms in total. The molecule has 0 aromatic heterocycles. The first kappa shape index (κ1) is 13.0. The SMILES string of the molecule is CC1CCCC[Si]1(C)C.FC(F)F. The summed E-state index contributed by atoms with van der Waals surface area (Å²) in [5.74, 6) is 0. The van der Waals surface area contributed by atoms with Crippen LogP contribution in [-0.4, -0.2) is 14.8 Å². The minimum Gasteiger partial charge on any atom is -0.174 e. The summed E-state index contributed by atoms with van der Waals surface area (Å²) >= 11 is 0. The molecular weight excluding hydrogens is 193 g/mol. The van der Waals surface area contributed by atoms with Gasteiger partial charge in [-0.25, -0.2) is 0 Å². The molecular formula is C9H19F3Si. The molecule has 80 valence electrons. The summed E-state index contributed by atoms with van der Waals surface area (Å²) in [4.78, 5) is 0. The van der Waals surface area contributed by atoms with Gasteiger partial charge in [0.2, 0.25) is 0 Å². The maximum Gasteiger partial charge on any atom is 0.379 e. The van der Waals surface area contributed by atoms with Gasteiger partial charge in [0.15, 0.2) is 0 Å². The Bertz CT molecular complexity index is 134. The first-order valence-electron chi connectivity index (χ1n) is 4.78. The first-order valence-corrected chi connectivity index (χ1v) is 8.07. The van der Waals surface area contributed by atoms with Gasteiger partial charge in [-0.2, -0.15) is 13.2 Å². The smallest absolute Gasteiger partial charge is 0.174 e. The Morgan fingerprint density at radius 1 is 1.15 bits per heavy atom. The standard InChI is InChI=1S/C8H18Si.CHF3/c1-8-6-4-5-7-9(8,2)3;2-1(3)4/h8H,4-7H2,1-3H3;1H. The monoisotopic (exact) mass is 212 g/mol. The average Bonchev–Trinajstić information content (AvgIpc) is 1.94. The van der Waals surface area contributed by atoms with Crippen molar-refractivity contribution in [3.8, 4) is 0 Å². The third-order valence-corrected chi connectivity index (χ3v) is 7.64. The minimum absolute atomic E-state index is 0.694. The molecule has 0 aliphatic carbocycles. The normalized spacial score (nSPS) is 26.5. The van der Waals surface area contributed by atoms with Crippen molar-refractivity contribution in [3.05, 3.63) is 0 Å². The molecule has 1 unspecified atom stereocenters. The molecule has 1 aliphatic rings. The Labute approximate surface area is 79.5 Å². The fraction of sp³-hybridized carbons (Fsp3) is 1.00. The van der Waals surface area contributed by atoms with Crippen molar-refractivity contribution in [1.82, 2.24) is 0 Å². The molecule has 0 radical (unpaired) electrons. The van der Waals surface area contributed by atoms with E-state index in [1.165, 1.54) is 19.3 Å². The van der Waals surface area contributed by atoms with Gasteiger partial charge in [-0.1, -0.05) is 45.3 Å². The predicted molar refractivity (Wildman–Crippen MR) is 52.7 cm³/mol. The van der Waals surface area contributed by atoms with Crippen molar-refractivity contribution in [2.45, 2.75) is 57.5 Å². The largest absolute Gasteiger partial charge is 0.379 e. The molecule has 1 saturated heterocycles. The summed E-state index contributed by atoms with van der Waals surface area (Å²) in [5.41, 5.74) is 1.09. The van der Waals surface area contributed by atoms with Crippen molar-refractivity contribution >= 4 is 8.07 Å². The second-order valence-corrected chi connectivity index (χ2v) is 9.85. The van der Waals surface area contributed by atoms with E-state index in [4.69, 9.17) is 0 Å². The van der Waals surface area contributed by atoms with Gasteiger partial charge < -0.3 is 0 Å². The highest BCUT2D eigenvalue weighted by atomic mass is 28.3. The molecule has 0 spiro atoms. The van der Waals surface area contributed by atoms with Crippen molar-refractivity contribution in [1.29, 1.82) is 0 Å². The fourth-order valence-corrected chi connectivity index (χ4v) is 4.31. The van der Waals surface area contributed by atoms with Crippen LogP contribution in [0.1, 0.15) is 26.2 Å². The van der Waals surface area contributed by atoms with E-state index in [1.807, 2.05) is 0 Å². The molecule has 4 heteroatoms. The van der Waals surface area contributed by atoms with Gasteiger partial charge in [-0.15, -0.1) is 0 Å². The Balaban J connectivity index is 0.000000310. The maximum absolute atomic E-state index is 9.67. The maximum atomic E-state index is 9.67. The van der Waals surface area contributed by atoms with Crippen LogP contribution in [0.15, 0.2) is 0 Å². The van der Waals surface area contributed by atoms with Crippen LogP contribution in [-0.2, 0) is 0 Å². The molecule has 0 aromatic rings. The highest BCUT2D eigenvalue weighted by molar-refractivity contribution is 6.78. The summed E-state index contributed by atoms with van der Waals surface area (Å²) < 4.78 is 29.0. The summed E-state index contributed by atoms with van der Waals surface area (Å²) in [7, 11) is -0.694. The minimum atomic E-state index is -3.67. The highest BCUT2D eigenvalue weighted by Gasteiger charge is 2.30. The number of hydrogen-bond donors (Lipinski definition) is 0. The lowest BCUT2D eigenvalue weighted by molar-refractivity contribution is 0.00819. The predicted octanol–water partition coefficient (Wildman–Crippen LogP) is 4.45. The molecule has 1 atom stereocenters. The lowest BCUT2D eigenvalue weighted by Gasteiger charge is -2.34. The molecule has 0 aromatic carbocycles. The topological polar surface area (TPSA) is 0 Å². The highest BCUT2D eigenvalue weighted by Crippen LogP contribution is 2.36.